The Bertz CT molecular complexity index is 777. The number of carbonyl (C=O) groups excluding carboxylic acids is 2. The van der Waals surface area contributed by atoms with Gasteiger partial charge in [-0.05, 0) is 36.2 Å². The number of amides is 3. The van der Waals surface area contributed by atoms with Crippen LogP contribution in [0.1, 0.15) is 12.0 Å². The van der Waals surface area contributed by atoms with Gasteiger partial charge in [-0.3, -0.25) is 10.2 Å². The highest BCUT2D eigenvalue weighted by Gasteiger charge is 2.08. The highest BCUT2D eigenvalue weighted by molar-refractivity contribution is 5.91. The molecule has 8 heteroatoms. The lowest BCUT2D eigenvalue weighted by atomic mass is 10.1. The van der Waals surface area contributed by atoms with Crippen molar-refractivity contribution >= 4 is 17.6 Å². The number of hydrazine groups is 1. The molecule has 8 nitrogen and oxygen atoms in total. The molecule has 0 heterocycles. The molecule has 27 heavy (non-hydrogen) atoms. The Morgan fingerprint density at radius 3 is 2.19 bits per heavy atom. The van der Waals surface area contributed by atoms with Crippen molar-refractivity contribution in [3.63, 3.8) is 0 Å². The predicted octanol–water partition coefficient (Wildman–Crippen LogP) is 2.50. The molecule has 0 aliphatic rings. The number of aryl methyl sites for hydroxylation is 1. The molecular weight excluding hydrogens is 350 g/mol. The van der Waals surface area contributed by atoms with Gasteiger partial charge in [-0.2, -0.15) is 0 Å². The molecule has 0 aliphatic heterocycles. The Hall–Kier alpha value is -3.42. The van der Waals surface area contributed by atoms with E-state index < -0.39 is 6.03 Å². The van der Waals surface area contributed by atoms with Gasteiger partial charge in [0, 0.05) is 18.2 Å². The number of ether oxygens (including phenoxy) is 3. The molecule has 2 aromatic carbocycles. The van der Waals surface area contributed by atoms with Gasteiger partial charge in [0.25, 0.3) is 0 Å². The van der Waals surface area contributed by atoms with Crippen molar-refractivity contribution < 1.29 is 23.8 Å². The molecule has 0 unspecified atom stereocenters. The molecule has 0 saturated carbocycles. The molecule has 2 rings (SSSR count). The number of urea groups is 1. The van der Waals surface area contributed by atoms with Crippen LogP contribution >= 0.6 is 0 Å². The zero-order valence-corrected chi connectivity index (χ0v) is 15.5. The van der Waals surface area contributed by atoms with Crippen LogP contribution in [0, 0.1) is 0 Å². The van der Waals surface area contributed by atoms with E-state index in [1.165, 1.54) is 14.2 Å². The molecule has 0 bridgehead atoms. The van der Waals surface area contributed by atoms with Crippen LogP contribution < -0.4 is 30.4 Å². The van der Waals surface area contributed by atoms with Gasteiger partial charge in [0.2, 0.25) is 5.91 Å². The Kier molecular flexibility index (Phi) is 7.30. The second-order valence-corrected chi connectivity index (χ2v) is 5.55. The lowest BCUT2D eigenvalue weighted by molar-refractivity contribution is -0.121. The van der Waals surface area contributed by atoms with Gasteiger partial charge in [0.15, 0.2) is 11.5 Å². The second kappa shape index (κ2) is 9.91. The molecule has 144 valence electrons. The van der Waals surface area contributed by atoms with Crippen molar-refractivity contribution in [1.82, 2.24) is 10.9 Å². The van der Waals surface area contributed by atoms with Crippen LogP contribution in [0.3, 0.4) is 0 Å². The molecule has 3 N–H and O–H groups in total. The quantitative estimate of drug-likeness (QED) is 0.648. The molecule has 0 fully saturated rings. The lowest BCUT2D eigenvalue weighted by Gasteiger charge is -2.12. The van der Waals surface area contributed by atoms with Gasteiger partial charge in [-0.15, -0.1) is 0 Å². The monoisotopic (exact) mass is 373 g/mol. The number of benzene rings is 2. The summed E-state index contributed by atoms with van der Waals surface area (Å²) in [5.41, 5.74) is 6.17. The topological polar surface area (TPSA) is 97.9 Å². The normalized spacial score (nSPS) is 9.89. The number of hydrogen-bond acceptors (Lipinski definition) is 5. The summed E-state index contributed by atoms with van der Waals surface area (Å²) in [6.45, 7) is 0. The summed E-state index contributed by atoms with van der Waals surface area (Å²) in [7, 11) is 4.63. The number of carbonyl (C=O) groups is 2. The minimum Gasteiger partial charge on any atom is -0.497 e. The number of hydrogen-bond donors (Lipinski definition) is 3. The van der Waals surface area contributed by atoms with Crippen LogP contribution in [-0.4, -0.2) is 33.3 Å². The molecule has 0 spiro atoms. The van der Waals surface area contributed by atoms with Crippen LogP contribution in [0.2, 0.25) is 0 Å². The highest BCUT2D eigenvalue weighted by atomic mass is 16.5. The van der Waals surface area contributed by atoms with E-state index in [1.54, 1.807) is 25.3 Å². The van der Waals surface area contributed by atoms with Crippen LogP contribution in [0.25, 0.3) is 0 Å². The van der Waals surface area contributed by atoms with Crippen LogP contribution in [0.5, 0.6) is 17.2 Å². The predicted molar refractivity (Wildman–Crippen MR) is 101 cm³/mol. The summed E-state index contributed by atoms with van der Waals surface area (Å²) < 4.78 is 15.4. The number of rotatable bonds is 7. The van der Waals surface area contributed by atoms with E-state index in [0.29, 0.717) is 23.6 Å². The zero-order chi connectivity index (χ0) is 19.6. The van der Waals surface area contributed by atoms with Gasteiger partial charge in [-0.25, -0.2) is 10.2 Å². The molecule has 0 aliphatic carbocycles. The smallest absolute Gasteiger partial charge is 0.337 e. The molecular formula is C19H23N3O5. The number of methoxy groups -OCH3 is 3. The second-order valence-electron chi connectivity index (χ2n) is 5.55. The van der Waals surface area contributed by atoms with Crippen molar-refractivity contribution in [2.75, 3.05) is 26.6 Å². The fourth-order valence-electron chi connectivity index (χ4n) is 2.32. The largest absolute Gasteiger partial charge is 0.497 e. The number of anilines is 1. The van der Waals surface area contributed by atoms with E-state index in [9.17, 15) is 9.59 Å². The van der Waals surface area contributed by atoms with Gasteiger partial charge >= 0.3 is 6.03 Å². The minimum atomic E-state index is -0.569. The van der Waals surface area contributed by atoms with Gasteiger partial charge in [0.1, 0.15) is 5.75 Å². The van der Waals surface area contributed by atoms with Crippen molar-refractivity contribution in [3.8, 4) is 17.2 Å². The van der Waals surface area contributed by atoms with E-state index in [2.05, 4.69) is 16.2 Å². The van der Waals surface area contributed by atoms with E-state index in [4.69, 9.17) is 14.2 Å². The Balaban J connectivity index is 1.76. The van der Waals surface area contributed by atoms with E-state index >= 15 is 0 Å². The first kappa shape index (κ1) is 19.9. The Morgan fingerprint density at radius 1 is 0.852 bits per heavy atom. The molecule has 0 aromatic heterocycles. The lowest BCUT2D eigenvalue weighted by Crippen LogP contribution is -2.44. The molecule has 2 aromatic rings. The standard InChI is InChI=1S/C19H23N3O5/c1-25-15-8-4-13(5-9-15)6-11-18(23)21-22-19(24)20-14-7-10-16(26-2)17(12-14)27-3/h4-5,7-10,12H,6,11H2,1-3H3,(H,21,23)(H2,20,22,24). The van der Waals surface area contributed by atoms with Crippen molar-refractivity contribution in [2.24, 2.45) is 0 Å². The van der Waals surface area contributed by atoms with E-state index in [0.717, 1.165) is 11.3 Å². The summed E-state index contributed by atoms with van der Waals surface area (Å²) in [4.78, 5) is 23.8. The fraction of sp³-hybridized carbons (Fsp3) is 0.263. The summed E-state index contributed by atoms with van der Waals surface area (Å²) in [5.74, 6) is 1.50. The summed E-state index contributed by atoms with van der Waals surface area (Å²) in [6.07, 6.45) is 0.789. The first-order valence-electron chi connectivity index (χ1n) is 8.26. The maximum Gasteiger partial charge on any atom is 0.337 e. The van der Waals surface area contributed by atoms with Crippen LogP contribution in [0.15, 0.2) is 42.5 Å². The fourth-order valence-corrected chi connectivity index (χ4v) is 2.32. The first-order valence-corrected chi connectivity index (χ1v) is 8.26. The van der Waals surface area contributed by atoms with Gasteiger partial charge in [-0.1, -0.05) is 12.1 Å². The number of nitrogens with one attached hydrogen (secondary N) is 3. The maximum atomic E-state index is 11.9. The average Bonchev–Trinajstić information content (AvgIpc) is 2.70. The van der Waals surface area contributed by atoms with Crippen molar-refractivity contribution in [3.05, 3.63) is 48.0 Å². The third-order valence-electron chi connectivity index (χ3n) is 3.76. The van der Waals surface area contributed by atoms with Crippen molar-refractivity contribution in [1.29, 1.82) is 0 Å². The third-order valence-corrected chi connectivity index (χ3v) is 3.76. The highest BCUT2D eigenvalue weighted by Crippen LogP contribution is 2.29. The molecule has 0 radical (unpaired) electrons. The first-order chi connectivity index (χ1) is 13.0. The Labute approximate surface area is 157 Å². The molecule has 0 saturated heterocycles. The third kappa shape index (κ3) is 6.10. The van der Waals surface area contributed by atoms with Gasteiger partial charge < -0.3 is 19.5 Å². The summed E-state index contributed by atoms with van der Waals surface area (Å²) >= 11 is 0. The molecule has 3 amide bonds. The van der Waals surface area contributed by atoms with Crippen molar-refractivity contribution in [2.45, 2.75) is 12.8 Å². The summed E-state index contributed by atoms with van der Waals surface area (Å²) in [6, 6.07) is 11.8. The average molecular weight is 373 g/mol. The van der Waals surface area contributed by atoms with Crippen LogP contribution in [0.4, 0.5) is 10.5 Å². The van der Waals surface area contributed by atoms with Crippen LogP contribution in [-0.2, 0) is 11.2 Å². The van der Waals surface area contributed by atoms with E-state index in [1.807, 2.05) is 24.3 Å². The SMILES string of the molecule is COc1ccc(CCC(=O)NNC(=O)Nc2ccc(OC)c(OC)c2)cc1. The Morgan fingerprint density at radius 2 is 1.56 bits per heavy atom. The maximum absolute atomic E-state index is 11.9. The van der Waals surface area contributed by atoms with Gasteiger partial charge in [0.05, 0.1) is 21.3 Å². The molecule has 0 atom stereocenters. The van der Waals surface area contributed by atoms with E-state index in [-0.39, 0.29) is 12.3 Å². The summed E-state index contributed by atoms with van der Waals surface area (Å²) in [5, 5.41) is 2.60. The zero-order valence-electron chi connectivity index (χ0n) is 15.5. The minimum absolute atomic E-state index is 0.239.